The number of hydrogen-bond donors (Lipinski definition) is 1. The third-order valence-corrected chi connectivity index (χ3v) is 5.35. The van der Waals surface area contributed by atoms with Gasteiger partial charge >= 0.3 is 0 Å². The minimum absolute atomic E-state index is 0.0386. The first kappa shape index (κ1) is 20.7. The number of likely N-dealkylation sites (tertiary alicyclic amines) is 1. The van der Waals surface area contributed by atoms with Crippen molar-refractivity contribution in [1.82, 2.24) is 10.2 Å². The first-order valence-corrected chi connectivity index (χ1v) is 10.1. The highest BCUT2D eigenvalue weighted by Gasteiger charge is 2.23. The van der Waals surface area contributed by atoms with Crippen LogP contribution in [0.4, 0.5) is 5.69 Å². The Morgan fingerprint density at radius 3 is 2.31 bits per heavy atom. The molecule has 0 atom stereocenters. The second-order valence-electron chi connectivity index (χ2n) is 6.69. The van der Waals surface area contributed by atoms with E-state index >= 15 is 0 Å². The lowest BCUT2D eigenvalue weighted by Crippen LogP contribution is -2.41. The van der Waals surface area contributed by atoms with E-state index in [0.29, 0.717) is 28.7 Å². The monoisotopic (exact) mass is 457 g/mol. The lowest BCUT2D eigenvalue weighted by molar-refractivity contribution is -0.384. The second kappa shape index (κ2) is 9.47. The summed E-state index contributed by atoms with van der Waals surface area (Å²) < 4.78 is 0.623. The van der Waals surface area contributed by atoms with Crippen molar-refractivity contribution >= 4 is 39.5 Å². The predicted octanol–water partition coefficient (Wildman–Crippen LogP) is 4.14. The van der Waals surface area contributed by atoms with Crippen LogP contribution in [0.1, 0.15) is 35.2 Å². The number of carbonyl (C=O) groups excluding carboxylic acids is 2. The molecule has 0 radical (unpaired) electrons. The molecule has 2 aromatic rings. The Balaban J connectivity index is 1.90. The van der Waals surface area contributed by atoms with E-state index in [4.69, 9.17) is 0 Å². The summed E-state index contributed by atoms with van der Waals surface area (Å²) >= 11 is 3.35. The number of benzene rings is 2. The normalized spacial score (nSPS) is 14.4. The molecule has 8 heteroatoms. The van der Waals surface area contributed by atoms with E-state index in [1.807, 2.05) is 0 Å². The Hall–Kier alpha value is -3.00. The molecule has 7 nitrogen and oxygen atoms in total. The van der Waals surface area contributed by atoms with Gasteiger partial charge in [0.2, 0.25) is 0 Å². The molecule has 1 aliphatic heterocycles. The Morgan fingerprint density at radius 1 is 1.03 bits per heavy atom. The number of rotatable bonds is 5. The molecule has 0 saturated carbocycles. The fraction of sp³-hybridized carbons (Fsp3) is 0.238. The van der Waals surface area contributed by atoms with Crippen molar-refractivity contribution in [3.05, 3.63) is 79.9 Å². The predicted molar refractivity (Wildman–Crippen MR) is 113 cm³/mol. The van der Waals surface area contributed by atoms with Crippen LogP contribution in [0.3, 0.4) is 0 Å². The summed E-state index contributed by atoms with van der Waals surface area (Å²) in [7, 11) is 0. The topological polar surface area (TPSA) is 92.5 Å². The summed E-state index contributed by atoms with van der Waals surface area (Å²) in [6.07, 6.45) is 4.48. The van der Waals surface area contributed by atoms with E-state index in [2.05, 4.69) is 21.2 Å². The Kier molecular flexibility index (Phi) is 6.77. The van der Waals surface area contributed by atoms with E-state index in [-0.39, 0.29) is 17.3 Å². The van der Waals surface area contributed by atoms with Gasteiger partial charge in [0.05, 0.1) is 10.5 Å². The van der Waals surface area contributed by atoms with Gasteiger partial charge < -0.3 is 10.2 Å². The van der Waals surface area contributed by atoms with Crippen molar-refractivity contribution in [1.29, 1.82) is 0 Å². The number of nitro benzene ring substituents is 1. The fourth-order valence-electron chi connectivity index (χ4n) is 3.11. The maximum atomic E-state index is 13.1. The summed E-state index contributed by atoms with van der Waals surface area (Å²) in [5, 5.41) is 13.6. The van der Waals surface area contributed by atoms with Gasteiger partial charge in [-0.3, -0.25) is 19.7 Å². The first-order valence-electron chi connectivity index (χ1n) is 9.27. The summed E-state index contributed by atoms with van der Waals surface area (Å²) in [5.74, 6) is -0.667. The van der Waals surface area contributed by atoms with Crippen LogP contribution in [0, 0.1) is 10.1 Å². The van der Waals surface area contributed by atoms with E-state index in [9.17, 15) is 19.7 Å². The Morgan fingerprint density at radius 2 is 1.69 bits per heavy atom. The maximum absolute atomic E-state index is 13.1. The highest BCUT2D eigenvalue weighted by Crippen LogP contribution is 2.19. The van der Waals surface area contributed by atoms with Gasteiger partial charge in [-0.2, -0.15) is 0 Å². The molecule has 3 rings (SSSR count). The Labute approximate surface area is 176 Å². The molecule has 2 aromatic carbocycles. The van der Waals surface area contributed by atoms with Crippen molar-refractivity contribution in [2.75, 3.05) is 13.1 Å². The lowest BCUT2D eigenvalue weighted by Gasteiger charge is -2.27. The summed E-state index contributed by atoms with van der Waals surface area (Å²) in [6.45, 7) is 1.28. The molecule has 0 bridgehead atoms. The molecule has 1 heterocycles. The molecule has 0 unspecified atom stereocenters. The number of carbonyl (C=O) groups is 2. The van der Waals surface area contributed by atoms with Crippen LogP contribution < -0.4 is 5.32 Å². The van der Waals surface area contributed by atoms with E-state index in [1.165, 1.54) is 12.1 Å². The lowest BCUT2D eigenvalue weighted by atomic mass is 10.1. The fourth-order valence-corrected chi connectivity index (χ4v) is 3.58. The van der Waals surface area contributed by atoms with Crippen LogP contribution in [-0.4, -0.2) is 34.7 Å². The number of amides is 2. The van der Waals surface area contributed by atoms with Gasteiger partial charge in [-0.25, -0.2) is 0 Å². The number of hydrogen-bond acceptors (Lipinski definition) is 4. The zero-order chi connectivity index (χ0) is 20.8. The number of piperidine rings is 1. The van der Waals surface area contributed by atoms with E-state index in [0.717, 1.165) is 19.3 Å². The Bertz CT molecular complexity index is 951. The molecule has 0 aromatic heterocycles. The first-order chi connectivity index (χ1) is 14.0. The number of nitrogens with zero attached hydrogens (tertiary/aromatic N) is 2. The number of halogens is 1. The standard InChI is InChI=1S/C21H20BrN3O4/c22-18-7-3-2-6-17(18)20(26)23-19(21(27)24-12-4-1-5-13-24)14-15-8-10-16(11-9-15)25(28)29/h2-3,6-11,14H,1,4-5,12-13H2,(H,23,26)/b19-14+. The van der Waals surface area contributed by atoms with Gasteiger partial charge in [0.25, 0.3) is 17.5 Å². The minimum Gasteiger partial charge on any atom is -0.337 e. The number of nitrogens with one attached hydrogen (secondary N) is 1. The smallest absolute Gasteiger partial charge is 0.270 e. The van der Waals surface area contributed by atoms with Crippen LogP contribution in [0.5, 0.6) is 0 Å². The third kappa shape index (κ3) is 5.29. The van der Waals surface area contributed by atoms with E-state index < -0.39 is 10.8 Å². The SMILES string of the molecule is O=C(N/C(=C/c1ccc([N+](=O)[O-])cc1)C(=O)N1CCCCC1)c1ccccc1Br. The molecule has 150 valence electrons. The van der Waals surface area contributed by atoms with Crippen LogP contribution in [0.15, 0.2) is 58.7 Å². The average molecular weight is 458 g/mol. The molecule has 2 amide bonds. The molecule has 1 saturated heterocycles. The molecule has 1 fully saturated rings. The number of non-ortho nitro benzene ring substituents is 1. The van der Waals surface area contributed by atoms with Crippen LogP contribution in [0.2, 0.25) is 0 Å². The van der Waals surface area contributed by atoms with Crippen LogP contribution in [0.25, 0.3) is 6.08 Å². The zero-order valence-electron chi connectivity index (χ0n) is 15.6. The zero-order valence-corrected chi connectivity index (χ0v) is 17.2. The highest BCUT2D eigenvalue weighted by atomic mass is 79.9. The third-order valence-electron chi connectivity index (χ3n) is 4.66. The van der Waals surface area contributed by atoms with Gasteiger partial charge in [0.15, 0.2) is 0 Å². The van der Waals surface area contributed by atoms with Gasteiger partial charge in [0.1, 0.15) is 5.70 Å². The van der Waals surface area contributed by atoms with Gasteiger partial charge in [-0.05, 0) is 71.1 Å². The summed E-state index contributed by atoms with van der Waals surface area (Å²) in [6, 6.07) is 12.8. The summed E-state index contributed by atoms with van der Waals surface area (Å²) in [4.78, 5) is 37.9. The molecule has 1 N–H and O–H groups in total. The molecule has 0 spiro atoms. The summed E-state index contributed by atoms with van der Waals surface area (Å²) in [5.41, 5.74) is 1.10. The van der Waals surface area contributed by atoms with Crippen molar-refractivity contribution in [2.45, 2.75) is 19.3 Å². The van der Waals surface area contributed by atoms with E-state index in [1.54, 1.807) is 47.4 Å². The molecule has 1 aliphatic rings. The molecule has 29 heavy (non-hydrogen) atoms. The van der Waals surface area contributed by atoms with Crippen LogP contribution in [-0.2, 0) is 4.79 Å². The van der Waals surface area contributed by atoms with Crippen molar-refractivity contribution in [3.63, 3.8) is 0 Å². The average Bonchev–Trinajstić information content (AvgIpc) is 2.74. The van der Waals surface area contributed by atoms with Crippen LogP contribution >= 0.6 is 15.9 Å². The minimum atomic E-state index is -0.484. The van der Waals surface area contributed by atoms with Crippen molar-refractivity contribution in [2.24, 2.45) is 0 Å². The highest BCUT2D eigenvalue weighted by molar-refractivity contribution is 9.10. The van der Waals surface area contributed by atoms with Gasteiger partial charge in [0, 0.05) is 29.7 Å². The number of nitro groups is 1. The van der Waals surface area contributed by atoms with Crippen molar-refractivity contribution in [3.8, 4) is 0 Å². The van der Waals surface area contributed by atoms with Crippen molar-refractivity contribution < 1.29 is 14.5 Å². The molecule has 0 aliphatic carbocycles. The molecular weight excluding hydrogens is 438 g/mol. The van der Waals surface area contributed by atoms with Gasteiger partial charge in [-0.15, -0.1) is 0 Å². The second-order valence-corrected chi connectivity index (χ2v) is 7.55. The largest absolute Gasteiger partial charge is 0.337 e. The maximum Gasteiger partial charge on any atom is 0.270 e. The quantitative estimate of drug-likeness (QED) is 0.414. The van der Waals surface area contributed by atoms with Gasteiger partial charge in [-0.1, -0.05) is 12.1 Å². The molecular formula is C21H20BrN3O4.